The van der Waals surface area contributed by atoms with Crippen molar-refractivity contribution in [3.63, 3.8) is 0 Å². The summed E-state index contributed by atoms with van der Waals surface area (Å²) in [6.45, 7) is 4.20. The van der Waals surface area contributed by atoms with Crippen LogP contribution in [0.3, 0.4) is 0 Å². The van der Waals surface area contributed by atoms with E-state index in [1.807, 2.05) is 6.92 Å². The Morgan fingerprint density at radius 2 is 2.00 bits per heavy atom. The van der Waals surface area contributed by atoms with Crippen molar-refractivity contribution in [3.05, 3.63) is 0 Å². The average Bonchev–Trinajstić information content (AvgIpc) is 2.35. The van der Waals surface area contributed by atoms with Crippen molar-refractivity contribution in [2.24, 2.45) is 5.92 Å². The molecule has 0 aliphatic heterocycles. The number of hydrogen-bond acceptors (Lipinski definition) is 4. The summed E-state index contributed by atoms with van der Waals surface area (Å²) in [5.41, 5.74) is 0. The quantitative estimate of drug-likeness (QED) is 0.534. The monoisotopic (exact) mass is 261 g/mol. The highest BCUT2D eigenvalue weighted by Crippen LogP contribution is 2.02. The molecule has 0 heterocycles. The Labute approximate surface area is 108 Å². The van der Waals surface area contributed by atoms with Gasteiger partial charge in [0.2, 0.25) is 5.91 Å². The van der Waals surface area contributed by atoms with Gasteiger partial charge in [0.1, 0.15) is 0 Å². The molecule has 0 aromatic rings. The van der Waals surface area contributed by atoms with Crippen molar-refractivity contribution in [1.29, 1.82) is 0 Å². The SMILES string of the molecule is CCC(CNC(=O)CCC(=O)O)COCCOC. The zero-order valence-electron chi connectivity index (χ0n) is 11.1. The van der Waals surface area contributed by atoms with Gasteiger partial charge in [-0.25, -0.2) is 0 Å². The van der Waals surface area contributed by atoms with Gasteiger partial charge in [0.05, 0.1) is 26.2 Å². The predicted octanol–water partition coefficient (Wildman–Crippen LogP) is 0.657. The summed E-state index contributed by atoms with van der Waals surface area (Å²) in [4.78, 5) is 21.6. The van der Waals surface area contributed by atoms with E-state index in [9.17, 15) is 9.59 Å². The lowest BCUT2D eigenvalue weighted by atomic mass is 10.1. The largest absolute Gasteiger partial charge is 0.481 e. The summed E-state index contributed by atoms with van der Waals surface area (Å²) >= 11 is 0. The van der Waals surface area contributed by atoms with E-state index >= 15 is 0 Å². The van der Waals surface area contributed by atoms with Gasteiger partial charge in [0.25, 0.3) is 0 Å². The number of carbonyl (C=O) groups is 2. The third-order valence-electron chi connectivity index (χ3n) is 2.52. The molecule has 0 bridgehead atoms. The van der Waals surface area contributed by atoms with Gasteiger partial charge >= 0.3 is 5.97 Å². The third kappa shape index (κ3) is 10.0. The molecular weight excluding hydrogens is 238 g/mol. The van der Waals surface area contributed by atoms with Gasteiger partial charge in [-0.1, -0.05) is 6.92 Å². The van der Waals surface area contributed by atoms with Crippen LogP contribution in [-0.4, -0.2) is 50.5 Å². The molecule has 1 atom stereocenters. The van der Waals surface area contributed by atoms with Gasteiger partial charge in [-0.05, 0) is 12.3 Å². The van der Waals surface area contributed by atoms with Crippen LogP contribution in [0.25, 0.3) is 0 Å². The van der Waals surface area contributed by atoms with E-state index in [1.54, 1.807) is 7.11 Å². The lowest BCUT2D eigenvalue weighted by molar-refractivity contribution is -0.138. The summed E-state index contributed by atoms with van der Waals surface area (Å²) < 4.78 is 10.2. The molecule has 0 rings (SSSR count). The maximum Gasteiger partial charge on any atom is 0.303 e. The Hall–Kier alpha value is -1.14. The Balaban J connectivity index is 3.65. The lowest BCUT2D eigenvalue weighted by Crippen LogP contribution is -2.31. The first-order valence-corrected chi connectivity index (χ1v) is 6.15. The van der Waals surface area contributed by atoms with Crippen LogP contribution in [0.15, 0.2) is 0 Å². The molecule has 0 fully saturated rings. The van der Waals surface area contributed by atoms with Crippen LogP contribution in [-0.2, 0) is 19.1 Å². The Kier molecular flexibility index (Phi) is 10.3. The number of hydrogen-bond donors (Lipinski definition) is 2. The number of rotatable bonds is 11. The summed E-state index contributed by atoms with van der Waals surface area (Å²) in [5.74, 6) is -0.941. The summed E-state index contributed by atoms with van der Waals surface area (Å²) in [7, 11) is 1.61. The first-order chi connectivity index (χ1) is 8.60. The van der Waals surface area contributed by atoms with Crippen LogP contribution >= 0.6 is 0 Å². The average molecular weight is 261 g/mol. The summed E-state index contributed by atoms with van der Waals surface area (Å²) in [6.07, 6.45) is 0.787. The predicted molar refractivity (Wildman–Crippen MR) is 66.4 cm³/mol. The maximum atomic E-state index is 11.3. The van der Waals surface area contributed by atoms with Gasteiger partial charge in [-0.3, -0.25) is 9.59 Å². The third-order valence-corrected chi connectivity index (χ3v) is 2.52. The molecule has 0 aliphatic carbocycles. The Morgan fingerprint density at radius 3 is 2.56 bits per heavy atom. The maximum absolute atomic E-state index is 11.3. The fraction of sp³-hybridized carbons (Fsp3) is 0.833. The molecule has 6 nitrogen and oxygen atoms in total. The minimum Gasteiger partial charge on any atom is -0.481 e. The van der Waals surface area contributed by atoms with Crippen LogP contribution in [0.2, 0.25) is 0 Å². The van der Waals surface area contributed by atoms with Crippen LogP contribution < -0.4 is 5.32 Å². The second kappa shape index (κ2) is 11.0. The highest BCUT2D eigenvalue weighted by Gasteiger charge is 2.10. The number of methoxy groups -OCH3 is 1. The summed E-state index contributed by atoms with van der Waals surface area (Å²) in [5, 5.41) is 11.2. The second-order valence-electron chi connectivity index (χ2n) is 4.04. The minimum absolute atomic E-state index is 0.0241. The molecule has 6 heteroatoms. The molecule has 0 aliphatic rings. The van der Waals surface area contributed by atoms with Gasteiger partial charge in [0.15, 0.2) is 0 Å². The number of carboxylic acid groups (broad SMARTS) is 1. The lowest BCUT2D eigenvalue weighted by Gasteiger charge is -2.15. The summed E-state index contributed by atoms with van der Waals surface area (Å²) in [6, 6.07) is 0. The van der Waals surface area contributed by atoms with E-state index in [1.165, 1.54) is 0 Å². The number of carbonyl (C=O) groups excluding carboxylic acids is 1. The number of amides is 1. The molecule has 2 N–H and O–H groups in total. The fourth-order valence-electron chi connectivity index (χ4n) is 1.28. The van der Waals surface area contributed by atoms with E-state index in [-0.39, 0.29) is 24.7 Å². The van der Waals surface area contributed by atoms with Crippen molar-refractivity contribution in [1.82, 2.24) is 5.32 Å². The zero-order valence-corrected chi connectivity index (χ0v) is 11.1. The van der Waals surface area contributed by atoms with E-state index in [4.69, 9.17) is 14.6 Å². The van der Waals surface area contributed by atoms with E-state index in [0.29, 0.717) is 26.4 Å². The molecule has 0 saturated heterocycles. The Morgan fingerprint density at radius 1 is 1.28 bits per heavy atom. The molecule has 0 saturated carbocycles. The van der Waals surface area contributed by atoms with E-state index in [0.717, 1.165) is 6.42 Å². The van der Waals surface area contributed by atoms with Crippen LogP contribution in [0.4, 0.5) is 0 Å². The first-order valence-electron chi connectivity index (χ1n) is 6.15. The highest BCUT2D eigenvalue weighted by atomic mass is 16.5. The molecule has 0 aromatic carbocycles. The normalized spacial score (nSPS) is 12.1. The van der Waals surface area contributed by atoms with Crippen molar-refractivity contribution in [2.45, 2.75) is 26.2 Å². The fourth-order valence-corrected chi connectivity index (χ4v) is 1.28. The van der Waals surface area contributed by atoms with Crippen LogP contribution in [0, 0.1) is 5.92 Å². The zero-order chi connectivity index (χ0) is 13.8. The topological polar surface area (TPSA) is 84.9 Å². The van der Waals surface area contributed by atoms with E-state index < -0.39 is 5.97 Å². The second-order valence-corrected chi connectivity index (χ2v) is 4.04. The van der Waals surface area contributed by atoms with Crippen molar-refractivity contribution in [2.75, 3.05) is 33.5 Å². The smallest absolute Gasteiger partial charge is 0.303 e. The van der Waals surface area contributed by atoms with Crippen molar-refractivity contribution in [3.8, 4) is 0 Å². The molecule has 0 radical (unpaired) electrons. The molecular formula is C12H23NO5. The minimum atomic E-state index is -0.958. The van der Waals surface area contributed by atoms with Crippen molar-refractivity contribution < 1.29 is 24.2 Å². The van der Waals surface area contributed by atoms with Crippen molar-refractivity contribution >= 4 is 11.9 Å². The van der Waals surface area contributed by atoms with Gasteiger partial charge < -0.3 is 19.9 Å². The molecule has 106 valence electrons. The molecule has 1 unspecified atom stereocenters. The van der Waals surface area contributed by atoms with Gasteiger partial charge in [-0.2, -0.15) is 0 Å². The molecule has 18 heavy (non-hydrogen) atoms. The molecule has 1 amide bonds. The number of nitrogens with one attached hydrogen (secondary N) is 1. The molecule has 0 aromatic heterocycles. The standard InChI is InChI=1S/C12H23NO5/c1-3-10(9-18-7-6-17-2)8-13-11(14)4-5-12(15)16/h10H,3-9H2,1-2H3,(H,13,14)(H,15,16). The van der Waals surface area contributed by atoms with Crippen LogP contribution in [0.5, 0.6) is 0 Å². The highest BCUT2D eigenvalue weighted by molar-refractivity contribution is 5.80. The number of ether oxygens (including phenoxy) is 2. The van der Waals surface area contributed by atoms with Gasteiger partial charge in [-0.15, -0.1) is 0 Å². The first kappa shape index (κ1) is 16.9. The van der Waals surface area contributed by atoms with Gasteiger partial charge in [0, 0.05) is 20.1 Å². The Bertz CT molecular complexity index is 245. The number of carboxylic acids is 1. The number of aliphatic carboxylic acids is 1. The van der Waals surface area contributed by atoms with E-state index in [2.05, 4.69) is 5.32 Å². The van der Waals surface area contributed by atoms with Crippen LogP contribution in [0.1, 0.15) is 26.2 Å². The molecule has 0 spiro atoms.